The summed E-state index contributed by atoms with van der Waals surface area (Å²) in [5, 5.41) is 11.9. The second kappa shape index (κ2) is 4.48. The van der Waals surface area contributed by atoms with Crippen molar-refractivity contribution in [3.05, 3.63) is 29.8 Å². The number of nitrogens with one attached hydrogen (secondary N) is 1. The van der Waals surface area contributed by atoms with Gasteiger partial charge in [0, 0.05) is 12.6 Å². The predicted octanol–water partition coefficient (Wildman–Crippen LogP) is 1.32. The Bertz CT molecular complexity index is 312. The zero-order valence-corrected chi connectivity index (χ0v) is 7.62. The molecule has 0 saturated carbocycles. The van der Waals surface area contributed by atoms with Crippen molar-refractivity contribution in [2.24, 2.45) is 5.73 Å². The minimum Gasteiger partial charge on any atom is -0.382 e. The first kappa shape index (κ1) is 9.56. The molecule has 1 unspecified atom stereocenters. The van der Waals surface area contributed by atoms with Crippen LogP contribution in [0.4, 0.5) is 5.69 Å². The number of benzene rings is 1. The Morgan fingerprint density at radius 3 is 2.85 bits per heavy atom. The van der Waals surface area contributed by atoms with Crippen molar-refractivity contribution < 1.29 is 0 Å². The molecule has 3 heteroatoms. The largest absolute Gasteiger partial charge is 0.382 e. The van der Waals surface area contributed by atoms with E-state index in [4.69, 9.17) is 11.0 Å². The fourth-order valence-electron chi connectivity index (χ4n) is 1.01. The number of anilines is 1. The van der Waals surface area contributed by atoms with Gasteiger partial charge < -0.3 is 11.1 Å². The fourth-order valence-corrected chi connectivity index (χ4v) is 1.01. The molecule has 0 aliphatic carbocycles. The second-order valence-electron chi connectivity index (χ2n) is 3.02. The van der Waals surface area contributed by atoms with E-state index < -0.39 is 0 Å². The van der Waals surface area contributed by atoms with Gasteiger partial charge in [0.05, 0.1) is 11.3 Å². The molecule has 0 amide bonds. The van der Waals surface area contributed by atoms with E-state index in [-0.39, 0.29) is 6.04 Å². The average molecular weight is 175 g/mol. The molecule has 0 aliphatic heterocycles. The molecule has 1 rings (SSSR count). The van der Waals surface area contributed by atoms with Gasteiger partial charge >= 0.3 is 0 Å². The van der Waals surface area contributed by atoms with E-state index in [2.05, 4.69) is 11.4 Å². The van der Waals surface area contributed by atoms with Gasteiger partial charge in [-0.15, -0.1) is 0 Å². The Labute approximate surface area is 78.2 Å². The summed E-state index contributed by atoms with van der Waals surface area (Å²) in [6, 6.07) is 9.60. The highest BCUT2D eigenvalue weighted by atomic mass is 14.9. The van der Waals surface area contributed by atoms with Crippen molar-refractivity contribution in [2.75, 3.05) is 11.9 Å². The minimum absolute atomic E-state index is 0.0896. The van der Waals surface area contributed by atoms with E-state index in [1.807, 2.05) is 25.1 Å². The number of nitriles is 1. The first-order valence-corrected chi connectivity index (χ1v) is 4.22. The Hall–Kier alpha value is -1.53. The molecule has 68 valence electrons. The maximum atomic E-state index is 8.76. The first-order chi connectivity index (χ1) is 6.24. The average Bonchev–Trinajstić information content (AvgIpc) is 2.15. The molecule has 0 radical (unpaired) electrons. The van der Waals surface area contributed by atoms with E-state index in [1.54, 1.807) is 6.07 Å². The summed E-state index contributed by atoms with van der Waals surface area (Å²) >= 11 is 0. The molecular weight excluding hydrogens is 162 g/mol. The Morgan fingerprint density at radius 2 is 2.23 bits per heavy atom. The summed E-state index contributed by atoms with van der Waals surface area (Å²) in [5.74, 6) is 0. The van der Waals surface area contributed by atoms with E-state index in [0.29, 0.717) is 12.1 Å². The lowest BCUT2D eigenvalue weighted by molar-refractivity contribution is 0.780. The van der Waals surface area contributed by atoms with Crippen LogP contribution < -0.4 is 11.1 Å². The minimum atomic E-state index is 0.0896. The topological polar surface area (TPSA) is 61.8 Å². The van der Waals surface area contributed by atoms with Crippen LogP contribution in [0.15, 0.2) is 24.3 Å². The van der Waals surface area contributed by atoms with Gasteiger partial charge in [0.2, 0.25) is 0 Å². The van der Waals surface area contributed by atoms with Crippen molar-refractivity contribution in [3.63, 3.8) is 0 Å². The Balaban J connectivity index is 2.71. The van der Waals surface area contributed by atoms with Crippen LogP contribution in [0.2, 0.25) is 0 Å². The lowest BCUT2D eigenvalue weighted by Crippen LogP contribution is -2.25. The molecule has 13 heavy (non-hydrogen) atoms. The second-order valence-corrected chi connectivity index (χ2v) is 3.02. The van der Waals surface area contributed by atoms with E-state index in [0.717, 1.165) is 5.69 Å². The zero-order valence-electron chi connectivity index (χ0n) is 7.62. The van der Waals surface area contributed by atoms with Crippen LogP contribution in [0.5, 0.6) is 0 Å². The van der Waals surface area contributed by atoms with Gasteiger partial charge in [0.15, 0.2) is 0 Å². The third-order valence-electron chi connectivity index (χ3n) is 1.66. The van der Waals surface area contributed by atoms with Crippen molar-refractivity contribution in [1.82, 2.24) is 0 Å². The molecular formula is C10H13N3. The normalized spacial score (nSPS) is 11.8. The van der Waals surface area contributed by atoms with Crippen LogP contribution in [-0.2, 0) is 0 Å². The maximum Gasteiger partial charge on any atom is 0.101 e. The third kappa shape index (κ3) is 2.77. The standard InChI is InChI=1S/C10H13N3/c1-8(12)7-13-10-5-3-2-4-9(10)6-11/h2-5,8,13H,7,12H2,1H3. The molecule has 0 aromatic heterocycles. The SMILES string of the molecule is CC(N)CNc1ccccc1C#N. The highest BCUT2D eigenvalue weighted by molar-refractivity contribution is 5.57. The van der Waals surface area contributed by atoms with Crippen molar-refractivity contribution >= 4 is 5.69 Å². The van der Waals surface area contributed by atoms with Gasteiger partial charge in [-0.1, -0.05) is 12.1 Å². The quantitative estimate of drug-likeness (QED) is 0.728. The maximum absolute atomic E-state index is 8.76. The number of rotatable bonds is 3. The summed E-state index contributed by atoms with van der Waals surface area (Å²) in [6.07, 6.45) is 0. The van der Waals surface area contributed by atoms with Crippen LogP contribution >= 0.6 is 0 Å². The van der Waals surface area contributed by atoms with E-state index >= 15 is 0 Å². The molecule has 1 aromatic carbocycles. The first-order valence-electron chi connectivity index (χ1n) is 4.22. The Morgan fingerprint density at radius 1 is 1.54 bits per heavy atom. The van der Waals surface area contributed by atoms with Gasteiger partial charge in [-0.05, 0) is 19.1 Å². The molecule has 3 nitrogen and oxygen atoms in total. The van der Waals surface area contributed by atoms with Gasteiger partial charge in [0.1, 0.15) is 6.07 Å². The van der Waals surface area contributed by atoms with Gasteiger partial charge in [0.25, 0.3) is 0 Å². The smallest absolute Gasteiger partial charge is 0.101 e. The number of para-hydroxylation sites is 1. The molecule has 0 spiro atoms. The van der Waals surface area contributed by atoms with Gasteiger partial charge in [-0.3, -0.25) is 0 Å². The molecule has 0 bridgehead atoms. The lowest BCUT2D eigenvalue weighted by atomic mass is 10.2. The van der Waals surface area contributed by atoms with Gasteiger partial charge in [-0.2, -0.15) is 5.26 Å². The third-order valence-corrected chi connectivity index (χ3v) is 1.66. The molecule has 0 heterocycles. The number of nitrogens with two attached hydrogens (primary N) is 1. The van der Waals surface area contributed by atoms with Crippen molar-refractivity contribution in [3.8, 4) is 6.07 Å². The molecule has 0 fully saturated rings. The Kier molecular flexibility index (Phi) is 3.30. The highest BCUT2D eigenvalue weighted by Crippen LogP contribution is 2.12. The summed E-state index contributed by atoms with van der Waals surface area (Å²) in [4.78, 5) is 0. The van der Waals surface area contributed by atoms with E-state index in [9.17, 15) is 0 Å². The molecule has 3 N–H and O–H groups in total. The monoisotopic (exact) mass is 175 g/mol. The number of hydrogen-bond acceptors (Lipinski definition) is 3. The fraction of sp³-hybridized carbons (Fsp3) is 0.300. The molecule has 0 aliphatic rings. The van der Waals surface area contributed by atoms with Crippen molar-refractivity contribution in [1.29, 1.82) is 5.26 Å². The van der Waals surface area contributed by atoms with E-state index in [1.165, 1.54) is 0 Å². The summed E-state index contributed by atoms with van der Waals surface area (Å²) < 4.78 is 0. The number of nitrogens with zero attached hydrogens (tertiary/aromatic N) is 1. The van der Waals surface area contributed by atoms with Crippen LogP contribution in [-0.4, -0.2) is 12.6 Å². The predicted molar refractivity (Wildman–Crippen MR) is 53.3 cm³/mol. The van der Waals surface area contributed by atoms with Crippen LogP contribution in [0.1, 0.15) is 12.5 Å². The summed E-state index contributed by atoms with van der Waals surface area (Å²) in [7, 11) is 0. The summed E-state index contributed by atoms with van der Waals surface area (Å²) in [5.41, 5.74) is 7.09. The zero-order chi connectivity index (χ0) is 9.68. The van der Waals surface area contributed by atoms with Gasteiger partial charge in [-0.25, -0.2) is 0 Å². The number of hydrogen-bond donors (Lipinski definition) is 2. The molecule has 1 atom stereocenters. The van der Waals surface area contributed by atoms with Crippen LogP contribution in [0.25, 0.3) is 0 Å². The van der Waals surface area contributed by atoms with Crippen LogP contribution in [0, 0.1) is 11.3 Å². The molecule has 0 saturated heterocycles. The van der Waals surface area contributed by atoms with Crippen molar-refractivity contribution in [2.45, 2.75) is 13.0 Å². The summed E-state index contributed by atoms with van der Waals surface area (Å²) in [6.45, 7) is 2.60. The lowest BCUT2D eigenvalue weighted by Gasteiger charge is -2.09. The van der Waals surface area contributed by atoms with Crippen LogP contribution in [0.3, 0.4) is 0 Å². The highest BCUT2D eigenvalue weighted by Gasteiger charge is 1.99. The molecule has 1 aromatic rings.